The average Bonchev–Trinajstić information content (AvgIpc) is 3.24. The Labute approximate surface area is 227 Å². The van der Waals surface area contributed by atoms with E-state index < -0.39 is 60.2 Å². The van der Waals surface area contributed by atoms with Crippen LogP contribution in [0.25, 0.3) is 10.9 Å². The summed E-state index contributed by atoms with van der Waals surface area (Å²) in [5.41, 5.74) is 7.56. The van der Waals surface area contributed by atoms with Crippen molar-refractivity contribution in [3.8, 4) is 0 Å². The van der Waals surface area contributed by atoms with Gasteiger partial charge in [0.15, 0.2) is 0 Å². The van der Waals surface area contributed by atoms with Gasteiger partial charge in [-0.2, -0.15) is 0 Å². The molecule has 0 fully saturated rings. The van der Waals surface area contributed by atoms with Crippen LogP contribution in [-0.4, -0.2) is 69.0 Å². The molecule has 1 aromatic heterocycles. The number of para-hydroxylation sites is 1. The fourth-order valence-corrected chi connectivity index (χ4v) is 4.24. The first-order valence-corrected chi connectivity index (χ1v) is 12.9. The highest BCUT2D eigenvalue weighted by molar-refractivity contribution is 5.96. The van der Waals surface area contributed by atoms with Crippen molar-refractivity contribution in [1.82, 2.24) is 20.9 Å². The van der Waals surface area contributed by atoms with Crippen molar-refractivity contribution in [3.05, 3.63) is 36.0 Å². The first-order chi connectivity index (χ1) is 18.3. The molecule has 0 saturated carbocycles. The van der Waals surface area contributed by atoms with Crippen molar-refractivity contribution in [2.24, 2.45) is 17.6 Å². The summed E-state index contributed by atoms with van der Waals surface area (Å²) in [6.45, 7) is 7.37. The smallest absolute Gasteiger partial charge is 0.326 e. The number of carboxylic acid groups (broad SMARTS) is 2. The molecule has 2 rings (SSSR count). The molecule has 0 bridgehead atoms. The van der Waals surface area contributed by atoms with Crippen molar-refractivity contribution in [2.75, 3.05) is 0 Å². The Morgan fingerprint density at radius 3 is 1.97 bits per heavy atom. The average molecular weight is 546 g/mol. The normalized spacial score (nSPS) is 14.4. The monoisotopic (exact) mass is 545 g/mol. The maximum atomic E-state index is 13.4. The second-order valence-electron chi connectivity index (χ2n) is 10.5. The minimum atomic E-state index is -1.57. The van der Waals surface area contributed by atoms with Crippen molar-refractivity contribution in [2.45, 2.75) is 77.5 Å². The maximum absolute atomic E-state index is 13.4. The van der Waals surface area contributed by atoms with E-state index in [9.17, 15) is 34.2 Å². The van der Waals surface area contributed by atoms with Crippen molar-refractivity contribution in [1.29, 1.82) is 0 Å². The number of amides is 3. The highest BCUT2D eigenvalue weighted by Crippen LogP contribution is 2.19. The molecule has 8 N–H and O–H groups in total. The molecule has 12 heteroatoms. The second kappa shape index (κ2) is 14.3. The summed E-state index contributed by atoms with van der Waals surface area (Å²) in [5.74, 6) is -4.91. The lowest BCUT2D eigenvalue weighted by Crippen LogP contribution is -2.58. The summed E-state index contributed by atoms with van der Waals surface area (Å²) >= 11 is 0. The van der Waals surface area contributed by atoms with E-state index in [1.54, 1.807) is 20.0 Å². The molecular formula is C27H39N5O7. The van der Waals surface area contributed by atoms with Gasteiger partial charge in [0.05, 0.1) is 12.5 Å². The van der Waals surface area contributed by atoms with Crippen molar-refractivity contribution >= 4 is 40.6 Å². The molecule has 214 valence electrons. The standard InChI is InChI=1S/C27H39N5O7/c1-14(2)9-18(28)24(35)30-20(11-16-13-29-19-8-6-5-7-17(16)19)25(36)31-21(12-23(33)34)26(37)32-22(27(38)39)10-15(3)4/h5-8,13-15,18,20-22,29H,9-12,28H2,1-4H3,(H,30,35)(H,31,36)(H,32,37)(H,33,34)(H,38,39). The third kappa shape index (κ3) is 9.71. The number of carbonyl (C=O) groups excluding carboxylic acids is 3. The fraction of sp³-hybridized carbons (Fsp3) is 0.519. The van der Waals surface area contributed by atoms with Crippen LogP contribution >= 0.6 is 0 Å². The van der Waals surface area contributed by atoms with Crippen LogP contribution in [0, 0.1) is 11.8 Å². The predicted octanol–water partition coefficient (Wildman–Crippen LogP) is 1.14. The van der Waals surface area contributed by atoms with E-state index in [1.165, 1.54) is 0 Å². The van der Waals surface area contributed by atoms with E-state index in [0.717, 1.165) is 10.9 Å². The summed E-state index contributed by atoms with van der Waals surface area (Å²) in [6.07, 6.45) is 1.44. The van der Waals surface area contributed by atoms with Gasteiger partial charge in [-0.15, -0.1) is 0 Å². The van der Waals surface area contributed by atoms with Crippen LogP contribution in [0.15, 0.2) is 30.5 Å². The van der Waals surface area contributed by atoms with Crippen LogP contribution in [0.1, 0.15) is 52.5 Å². The van der Waals surface area contributed by atoms with Crippen molar-refractivity contribution < 1.29 is 34.2 Å². The summed E-state index contributed by atoms with van der Waals surface area (Å²) in [4.78, 5) is 65.4. The lowest BCUT2D eigenvalue weighted by atomic mass is 10.0. The van der Waals surface area contributed by atoms with Gasteiger partial charge in [0.2, 0.25) is 17.7 Å². The summed E-state index contributed by atoms with van der Waals surface area (Å²) in [6, 6.07) is 2.47. The molecule has 12 nitrogen and oxygen atoms in total. The molecule has 3 amide bonds. The lowest BCUT2D eigenvalue weighted by molar-refractivity contribution is -0.144. The van der Waals surface area contributed by atoms with Crippen LogP contribution in [0.3, 0.4) is 0 Å². The zero-order chi connectivity index (χ0) is 29.3. The Morgan fingerprint density at radius 1 is 0.821 bits per heavy atom. The fourth-order valence-electron chi connectivity index (χ4n) is 4.24. The van der Waals surface area contributed by atoms with Crippen LogP contribution < -0.4 is 21.7 Å². The van der Waals surface area contributed by atoms with Crippen LogP contribution in [0.5, 0.6) is 0 Å². The highest BCUT2D eigenvalue weighted by Gasteiger charge is 2.32. The molecule has 0 saturated heterocycles. The molecule has 0 aliphatic heterocycles. The molecular weight excluding hydrogens is 506 g/mol. The topological polar surface area (TPSA) is 204 Å². The molecule has 0 aliphatic rings. The molecule has 0 aliphatic carbocycles. The maximum Gasteiger partial charge on any atom is 0.326 e. The van der Waals surface area contributed by atoms with Gasteiger partial charge in [-0.1, -0.05) is 45.9 Å². The number of carboxylic acids is 2. The highest BCUT2D eigenvalue weighted by atomic mass is 16.4. The Balaban J connectivity index is 2.31. The van der Waals surface area contributed by atoms with E-state index in [4.69, 9.17) is 5.73 Å². The minimum Gasteiger partial charge on any atom is -0.481 e. The van der Waals surface area contributed by atoms with Gasteiger partial charge < -0.3 is 36.9 Å². The minimum absolute atomic E-state index is 0.0303. The summed E-state index contributed by atoms with van der Waals surface area (Å²) in [5, 5.41) is 27.0. The van der Waals surface area contributed by atoms with Gasteiger partial charge in [0, 0.05) is 23.5 Å². The number of aliphatic carboxylic acids is 2. The number of nitrogens with two attached hydrogens (primary N) is 1. The zero-order valence-corrected chi connectivity index (χ0v) is 22.7. The predicted molar refractivity (Wildman–Crippen MR) is 145 cm³/mol. The Bertz CT molecular complexity index is 1180. The first-order valence-electron chi connectivity index (χ1n) is 12.9. The zero-order valence-electron chi connectivity index (χ0n) is 22.7. The Kier molecular flexibility index (Phi) is 11.5. The van der Waals surface area contributed by atoms with Crippen molar-refractivity contribution in [3.63, 3.8) is 0 Å². The van der Waals surface area contributed by atoms with Crippen LogP contribution in [-0.2, 0) is 30.4 Å². The number of carbonyl (C=O) groups is 5. The number of aromatic nitrogens is 1. The van der Waals surface area contributed by atoms with Gasteiger partial charge in [0.1, 0.15) is 18.1 Å². The summed E-state index contributed by atoms with van der Waals surface area (Å²) < 4.78 is 0. The first kappa shape index (κ1) is 31.3. The number of nitrogens with one attached hydrogen (secondary N) is 4. The van der Waals surface area contributed by atoms with Gasteiger partial charge in [0.25, 0.3) is 0 Å². The third-order valence-corrected chi connectivity index (χ3v) is 6.13. The number of benzene rings is 1. The van der Waals surface area contributed by atoms with E-state index in [2.05, 4.69) is 20.9 Å². The number of fused-ring (bicyclic) bond motifs is 1. The molecule has 0 spiro atoms. The van der Waals surface area contributed by atoms with Gasteiger partial charge in [-0.3, -0.25) is 19.2 Å². The van der Waals surface area contributed by atoms with E-state index in [0.29, 0.717) is 12.0 Å². The van der Waals surface area contributed by atoms with Gasteiger partial charge in [-0.05, 0) is 36.3 Å². The number of H-pyrrole nitrogens is 1. The van der Waals surface area contributed by atoms with E-state index in [-0.39, 0.29) is 24.7 Å². The summed E-state index contributed by atoms with van der Waals surface area (Å²) in [7, 11) is 0. The second-order valence-corrected chi connectivity index (χ2v) is 10.5. The SMILES string of the molecule is CC(C)CC(N)C(=O)NC(Cc1c[nH]c2ccccc12)C(=O)NC(CC(=O)O)C(=O)NC(CC(C)C)C(=O)O. The third-order valence-electron chi connectivity index (χ3n) is 6.13. The molecule has 0 radical (unpaired) electrons. The van der Waals surface area contributed by atoms with Crippen LogP contribution in [0.2, 0.25) is 0 Å². The number of hydrogen-bond donors (Lipinski definition) is 7. The number of rotatable bonds is 15. The molecule has 2 aromatic rings. The Morgan fingerprint density at radius 2 is 1.38 bits per heavy atom. The molecule has 39 heavy (non-hydrogen) atoms. The van der Waals surface area contributed by atoms with Gasteiger partial charge >= 0.3 is 11.9 Å². The van der Waals surface area contributed by atoms with E-state index in [1.807, 2.05) is 38.1 Å². The van der Waals surface area contributed by atoms with Crippen LogP contribution in [0.4, 0.5) is 0 Å². The Hall–Kier alpha value is -3.93. The number of hydrogen-bond acceptors (Lipinski definition) is 6. The molecule has 1 aromatic carbocycles. The quantitative estimate of drug-likeness (QED) is 0.172. The molecule has 4 unspecified atom stereocenters. The molecule has 4 atom stereocenters. The number of aromatic amines is 1. The molecule has 1 heterocycles. The van der Waals surface area contributed by atoms with Gasteiger partial charge in [-0.25, -0.2) is 4.79 Å². The lowest BCUT2D eigenvalue weighted by Gasteiger charge is -2.25. The van der Waals surface area contributed by atoms with E-state index >= 15 is 0 Å². The largest absolute Gasteiger partial charge is 0.481 e.